The number of benzene rings is 2. The molecule has 3 aromatic rings. The van der Waals surface area contributed by atoms with Crippen molar-refractivity contribution in [1.82, 2.24) is 0 Å². The number of hydrogen-bond donors (Lipinski definition) is 2. The lowest BCUT2D eigenvalue weighted by Crippen LogP contribution is -2.03. The third-order valence-corrected chi connectivity index (χ3v) is 6.24. The van der Waals surface area contributed by atoms with Crippen molar-refractivity contribution in [1.29, 1.82) is 0 Å². The fourth-order valence-electron chi connectivity index (χ4n) is 2.86. The third kappa shape index (κ3) is 3.38. The number of hydrogen-bond acceptors (Lipinski definition) is 4. The smallest absolute Gasteiger partial charge is 0.256 e. The SMILES string of the molecule is O=C1Nc2ccc(C(=O)c3cccs3)cc2/C1=C/c1cc(Br)c(O)c(Br)c1. The maximum absolute atomic E-state index is 12.6. The highest BCUT2D eigenvalue weighted by atomic mass is 79.9. The largest absolute Gasteiger partial charge is 0.506 e. The monoisotopic (exact) mass is 503 g/mol. The van der Waals surface area contributed by atoms with E-state index < -0.39 is 0 Å². The number of ketones is 1. The second kappa shape index (κ2) is 7.07. The van der Waals surface area contributed by atoms with Gasteiger partial charge in [-0.05, 0) is 85.3 Å². The summed E-state index contributed by atoms with van der Waals surface area (Å²) in [4.78, 5) is 25.7. The van der Waals surface area contributed by atoms with Crippen LogP contribution in [-0.2, 0) is 4.79 Å². The fourth-order valence-corrected chi connectivity index (χ4v) is 4.77. The maximum atomic E-state index is 12.6. The zero-order valence-corrected chi connectivity index (χ0v) is 17.6. The number of phenolic OH excluding ortho intramolecular Hbond substituents is 1. The number of amides is 1. The Morgan fingerprint density at radius 3 is 2.52 bits per heavy atom. The van der Waals surface area contributed by atoms with Crippen LogP contribution in [0.25, 0.3) is 11.6 Å². The van der Waals surface area contributed by atoms with Gasteiger partial charge in [0.1, 0.15) is 5.75 Å². The molecule has 0 fully saturated rings. The molecule has 0 bridgehead atoms. The molecule has 0 spiro atoms. The van der Waals surface area contributed by atoms with Gasteiger partial charge in [-0.25, -0.2) is 0 Å². The molecule has 4 rings (SSSR count). The van der Waals surface area contributed by atoms with Crippen LogP contribution < -0.4 is 5.32 Å². The highest BCUT2D eigenvalue weighted by Crippen LogP contribution is 2.37. The van der Waals surface area contributed by atoms with Crippen LogP contribution in [0.5, 0.6) is 5.75 Å². The van der Waals surface area contributed by atoms with Crippen molar-refractivity contribution >= 4 is 72.2 Å². The van der Waals surface area contributed by atoms with E-state index in [1.54, 1.807) is 42.5 Å². The standard InChI is InChI=1S/C20H11Br2NO3S/c21-14-7-10(8-15(22)19(14)25)6-13-12-9-11(3-4-16(12)23-20(13)26)18(24)17-2-1-5-27-17/h1-9,25H,(H,23,26)/b13-6-. The molecule has 4 nitrogen and oxygen atoms in total. The molecule has 2 aromatic carbocycles. The maximum Gasteiger partial charge on any atom is 0.256 e. The lowest BCUT2D eigenvalue weighted by Gasteiger charge is -2.05. The number of thiophene rings is 1. The summed E-state index contributed by atoms with van der Waals surface area (Å²) in [7, 11) is 0. The second-order valence-electron chi connectivity index (χ2n) is 5.91. The van der Waals surface area contributed by atoms with Crippen molar-refractivity contribution in [3.8, 4) is 5.75 Å². The first kappa shape index (κ1) is 18.2. The average Bonchev–Trinajstić information content (AvgIpc) is 3.27. The summed E-state index contributed by atoms with van der Waals surface area (Å²) in [6.07, 6.45) is 1.73. The van der Waals surface area contributed by atoms with E-state index in [9.17, 15) is 14.7 Å². The van der Waals surface area contributed by atoms with E-state index in [0.29, 0.717) is 36.2 Å². The van der Waals surface area contributed by atoms with Gasteiger partial charge >= 0.3 is 0 Å². The Morgan fingerprint density at radius 2 is 1.85 bits per heavy atom. The molecule has 0 saturated carbocycles. The van der Waals surface area contributed by atoms with Crippen LogP contribution in [0.15, 0.2) is 56.8 Å². The van der Waals surface area contributed by atoms with Gasteiger partial charge in [0.25, 0.3) is 5.91 Å². The number of fused-ring (bicyclic) bond motifs is 1. The minimum absolute atomic E-state index is 0.0679. The average molecular weight is 505 g/mol. The molecule has 0 aliphatic carbocycles. The molecule has 1 amide bonds. The van der Waals surface area contributed by atoms with Gasteiger partial charge in [-0.1, -0.05) is 6.07 Å². The third-order valence-electron chi connectivity index (χ3n) is 4.16. The summed E-state index contributed by atoms with van der Waals surface area (Å²) in [5, 5.41) is 14.5. The van der Waals surface area contributed by atoms with Crippen LogP contribution in [0.2, 0.25) is 0 Å². The van der Waals surface area contributed by atoms with Gasteiger partial charge < -0.3 is 10.4 Å². The zero-order chi connectivity index (χ0) is 19.1. The van der Waals surface area contributed by atoms with Gasteiger partial charge in [0, 0.05) is 22.4 Å². The number of aromatic hydroxyl groups is 1. The molecule has 1 aliphatic heterocycles. The molecule has 134 valence electrons. The predicted molar refractivity (Wildman–Crippen MR) is 114 cm³/mol. The second-order valence-corrected chi connectivity index (χ2v) is 8.57. The quantitative estimate of drug-likeness (QED) is 0.355. The molecule has 7 heteroatoms. The topological polar surface area (TPSA) is 66.4 Å². The molecule has 0 saturated heterocycles. The van der Waals surface area contributed by atoms with Gasteiger partial charge in [-0.3, -0.25) is 9.59 Å². The summed E-state index contributed by atoms with van der Waals surface area (Å²) in [5.74, 6) is -0.204. The molecule has 1 aliphatic rings. The van der Waals surface area contributed by atoms with Crippen molar-refractivity contribution in [2.45, 2.75) is 0 Å². The van der Waals surface area contributed by atoms with Crippen LogP contribution in [0.4, 0.5) is 5.69 Å². The van der Waals surface area contributed by atoms with E-state index in [4.69, 9.17) is 0 Å². The van der Waals surface area contributed by atoms with Crippen LogP contribution in [-0.4, -0.2) is 16.8 Å². The van der Waals surface area contributed by atoms with Crippen molar-refractivity contribution in [2.75, 3.05) is 5.32 Å². The summed E-state index contributed by atoms with van der Waals surface area (Å²) >= 11 is 7.97. The minimum atomic E-state index is -0.231. The number of phenols is 1. The number of anilines is 1. The first-order valence-corrected chi connectivity index (χ1v) is 10.3. The van der Waals surface area contributed by atoms with E-state index >= 15 is 0 Å². The van der Waals surface area contributed by atoms with Crippen LogP contribution in [0.3, 0.4) is 0 Å². The Labute approximate surface area is 175 Å². The Kier molecular flexibility index (Phi) is 4.75. The van der Waals surface area contributed by atoms with E-state index in [2.05, 4.69) is 37.2 Å². The lowest BCUT2D eigenvalue weighted by molar-refractivity contribution is -0.110. The Balaban J connectivity index is 1.78. The first-order chi connectivity index (χ1) is 12.9. The van der Waals surface area contributed by atoms with Crippen molar-refractivity contribution < 1.29 is 14.7 Å². The predicted octanol–water partition coefficient (Wildman–Crippen LogP) is 5.70. The van der Waals surface area contributed by atoms with Crippen LogP contribution in [0.1, 0.15) is 26.4 Å². The lowest BCUT2D eigenvalue weighted by atomic mass is 9.99. The summed E-state index contributed by atoms with van der Waals surface area (Å²) < 4.78 is 1.04. The number of rotatable bonds is 3. The molecule has 2 N–H and O–H groups in total. The summed E-state index contributed by atoms with van der Waals surface area (Å²) in [6, 6.07) is 12.3. The summed E-state index contributed by atoms with van der Waals surface area (Å²) in [6.45, 7) is 0. The Bertz CT molecular complexity index is 1100. The van der Waals surface area contributed by atoms with Crippen molar-refractivity contribution in [3.63, 3.8) is 0 Å². The van der Waals surface area contributed by atoms with Gasteiger partial charge in [-0.15, -0.1) is 11.3 Å². The van der Waals surface area contributed by atoms with Crippen molar-refractivity contribution in [3.05, 3.63) is 78.4 Å². The molecule has 1 aromatic heterocycles. The highest BCUT2D eigenvalue weighted by molar-refractivity contribution is 9.11. The fraction of sp³-hybridized carbons (Fsp3) is 0. The summed E-state index contributed by atoms with van der Waals surface area (Å²) in [5.41, 5.74) is 3.09. The molecular weight excluding hydrogens is 494 g/mol. The molecule has 2 heterocycles. The number of nitrogens with one attached hydrogen (secondary N) is 1. The molecule has 0 unspecified atom stereocenters. The van der Waals surface area contributed by atoms with Gasteiger partial charge in [0.05, 0.1) is 13.8 Å². The van der Waals surface area contributed by atoms with Gasteiger partial charge in [0.15, 0.2) is 0 Å². The Morgan fingerprint density at radius 1 is 1.11 bits per heavy atom. The molecule has 0 radical (unpaired) electrons. The zero-order valence-electron chi connectivity index (χ0n) is 13.6. The minimum Gasteiger partial charge on any atom is -0.506 e. The van der Waals surface area contributed by atoms with Gasteiger partial charge in [0.2, 0.25) is 5.78 Å². The van der Waals surface area contributed by atoms with Crippen LogP contribution >= 0.6 is 43.2 Å². The normalized spacial score (nSPS) is 14.3. The van der Waals surface area contributed by atoms with E-state index in [0.717, 1.165) is 5.56 Å². The first-order valence-electron chi connectivity index (χ1n) is 7.88. The van der Waals surface area contributed by atoms with Gasteiger partial charge in [-0.2, -0.15) is 0 Å². The number of carbonyl (C=O) groups is 2. The Hall–Kier alpha value is -2.22. The van der Waals surface area contributed by atoms with E-state index in [1.165, 1.54) is 11.3 Å². The van der Waals surface area contributed by atoms with Crippen LogP contribution in [0, 0.1) is 0 Å². The van der Waals surface area contributed by atoms with Crippen molar-refractivity contribution in [2.24, 2.45) is 0 Å². The molecule has 27 heavy (non-hydrogen) atoms. The van der Waals surface area contributed by atoms with E-state index in [-0.39, 0.29) is 17.4 Å². The van der Waals surface area contributed by atoms with E-state index in [1.807, 2.05) is 11.4 Å². The molecular formula is C20H11Br2NO3S. The molecule has 0 atom stereocenters. The number of carbonyl (C=O) groups excluding carboxylic acids is 2. The number of halogens is 2. The highest BCUT2D eigenvalue weighted by Gasteiger charge is 2.25.